The molecule has 0 heterocycles. The molecule has 1 aliphatic rings. The Morgan fingerprint density at radius 1 is 1.14 bits per heavy atom. The highest BCUT2D eigenvalue weighted by molar-refractivity contribution is 5.18. The number of unbranched alkanes of at least 4 members (excludes halogenated alkanes) is 2. The zero-order chi connectivity index (χ0) is 15.1. The van der Waals surface area contributed by atoms with Crippen LogP contribution in [0.1, 0.15) is 70.4 Å². The number of rotatable bonds is 7. The average Bonchev–Trinajstić information content (AvgIpc) is 2.53. The first kappa shape index (κ1) is 16.5. The van der Waals surface area contributed by atoms with E-state index in [1.807, 2.05) is 0 Å². The predicted octanol–water partition coefficient (Wildman–Crippen LogP) is 4.54. The summed E-state index contributed by atoms with van der Waals surface area (Å²) < 4.78 is 0. The van der Waals surface area contributed by atoms with Gasteiger partial charge in [-0.2, -0.15) is 0 Å². The summed E-state index contributed by atoms with van der Waals surface area (Å²) in [5.74, 6) is 0. The Bertz CT molecular complexity index is 392. The van der Waals surface area contributed by atoms with Crippen LogP contribution in [0, 0.1) is 0 Å². The molecule has 1 aliphatic carbocycles. The molecule has 2 rings (SSSR count). The largest absolute Gasteiger partial charge is 0.391 e. The van der Waals surface area contributed by atoms with Crippen LogP contribution in [0.2, 0.25) is 0 Å². The second kappa shape index (κ2) is 8.55. The lowest BCUT2D eigenvalue weighted by molar-refractivity contribution is 0.0000597. The van der Waals surface area contributed by atoms with Gasteiger partial charge in [0.15, 0.2) is 0 Å². The summed E-state index contributed by atoms with van der Waals surface area (Å²) in [5.41, 5.74) is 1.37. The van der Waals surface area contributed by atoms with Gasteiger partial charge in [-0.05, 0) is 38.3 Å². The third-order valence-electron chi connectivity index (χ3n) is 4.92. The van der Waals surface area contributed by atoms with E-state index in [1.165, 1.54) is 37.7 Å². The number of hydrogen-bond acceptors (Lipinski definition) is 2. The Balaban J connectivity index is 2.10. The highest BCUT2D eigenvalue weighted by Gasteiger charge is 2.31. The zero-order valence-electron chi connectivity index (χ0n) is 13.7. The van der Waals surface area contributed by atoms with Crippen LogP contribution in [0.4, 0.5) is 0 Å². The second-order valence-corrected chi connectivity index (χ2v) is 6.45. The molecular weight excluding hydrogens is 258 g/mol. The van der Waals surface area contributed by atoms with E-state index in [2.05, 4.69) is 49.1 Å². The molecule has 0 saturated heterocycles. The van der Waals surface area contributed by atoms with Crippen molar-refractivity contribution in [1.29, 1.82) is 0 Å². The summed E-state index contributed by atoms with van der Waals surface area (Å²) >= 11 is 0. The van der Waals surface area contributed by atoms with E-state index in [-0.39, 0.29) is 6.10 Å². The molecule has 0 spiro atoms. The van der Waals surface area contributed by atoms with Gasteiger partial charge in [-0.25, -0.2) is 0 Å². The van der Waals surface area contributed by atoms with Gasteiger partial charge in [0.25, 0.3) is 0 Å². The van der Waals surface area contributed by atoms with Crippen molar-refractivity contribution in [3.63, 3.8) is 0 Å². The predicted molar refractivity (Wildman–Crippen MR) is 89.4 cm³/mol. The second-order valence-electron chi connectivity index (χ2n) is 6.45. The third-order valence-corrected chi connectivity index (χ3v) is 4.92. The average molecular weight is 289 g/mol. The minimum absolute atomic E-state index is 0.147. The first-order chi connectivity index (χ1) is 10.2. The van der Waals surface area contributed by atoms with E-state index in [1.54, 1.807) is 0 Å². The fourth-order valence-electron chi connectivity index (χ4n) is 3.59. The smallest absolute Gasteiger partial charge is 0.0695 e. The van der Waals surface area contributed by atoms with Crippen molar-refractivity contribution in [2.45, 2.75) is 77.0 Å². The number of nitrogens with zero attached hydrogens (tertiary/aromatic N) is 1. The van der Waals surface area contributed by atoms with Gasteiger partial charge < -0.3 is 5.11 Å². The lowest BCUT2D eigenvalue weighted by Crippen LogP contribution is -2.47. The summed E-state index contributed by atoms with van der Waals surface area (Å²) in [4.78, 5) is 2.56. The molecule has 3 atom stereocenters. The van der Waals surface area contributed by atoms with Crippen LogP contribution in [0.15, 0.2) is 30.3 Å². The van der Waals surface area contributed by atoms with Gasteiger partial charge in [0, 0.05) is 12.1 Å². The standard InChI is InChI=1S/C19H31NO/c1-3-4-10-15-20(18-13-8-9-14-19(18)21)16(2)17-11-6-5-7-12-17/h5-7,11-12,16,18-19,21H,3-4,8-10,13-15H2,1-2H3/t16-,18-,19-/m0/s1. The molecule has 0 bridgehead atoms. The summed E-state index contributed by atoms with van der Waals surface area (Å²) in [5, 5.41) is 10.5. The van der Waals surface area contributed by atoms with Gasteiger partial charge in [0.05, 0.1) is 6.10 Å². The van der Waals surface area contributed by atoms with Crippen LogP contribution in [-0.4, -0.2) is 28.7 Å². The Morgan fingerprint density at radius 3 is 2.52 bits per heavy atom. The normalized spacial score (nSPS) is 24.2. The van der Waals surface area contributed by atoms with Crippen molar-refractivity contribution < 1.29 is 5.11 Å². The van der Waals surface area contributed by atoms with E-state index in [0.29, 0.717) is 12.1 Å². The monoisotopic (exact) mass is 289 g/mol. The lowest BCUT2D eigenvalue weighted by atomic mass is 9.89. The lowest BCUT2D eigenvalue weighted by Gasteiger charge is -2.41. The van der Waals surface area contributed by atoms with Gasteiger partial charge in [-0.1, -0.05) is 62.9 Å². The maximum Gasteiger partial charge on any atom is 0.0695 e. The Morgan fingerprint density at radius 2 is 1.86 bits per heavy atom. The van der Waals surface area contributed by atoms with Crippen LogP contribution in [-0.2, 0) is 0 Å². The van der Waals surface area contributed by atoms with Crippen LogP contribution in [0.5, 0.6) is 0 Å². The number of benzene rings is 1. The Labute approximate surface area is 130 Å². The molecule has 1 aromatic rings. The molecule has 0 unspecified atom stereocenters. The Hall–Kier alpha value is -0.860. The van der Waals surface area contributed by atoms with Crippen molar-refractivity contribution in [1.82, 2.24) is 4.90 Å². The topological polar surface area (TPSA) is 23.5 Å². The van der Waals surface area contributed by atoms with Gasteiger partial charge in [0.2, 0.25) is 0 Å². The van der Waals surface area contributed by atoms with Crippen LogP contribution in [0.3, 0.4) is 0 Å². The molecular formula is C19H31NO. The third kappa shape index (κ3) is 4.55. The summed E-state index contributed by atoms with van der Waals surface area (Å²) in [7, 11) is 0. The number of aliphatic hydroxyl groups is 1. The number of hydrogen-bond donors (Lipinski definition) is 1. The quantitative estimate of drug-likeness (QED) is 0.745. The summed E-state index contributed by atoms with van der Waals surface area (Å²) in [6.45, 7) is 5.65. The van der Waals surface area contributed by atoms with E-state index >= 15 is 0 Å². The summed E-state index contributed by atoms with van der Waals surface area (Å²) in [6, 6.07) is 11.5. The first-order valence-electron chi connectivity index (χ1n) is 8.72. The maximum absolute atomic E-state index is 10.5. The molecule has 0 radical (unpaired) electrons. The zero-order valence-corrected chi connectivity index (χ0v) is 13.7. The molecule has 0 aromatic heterocycles. The van der Waals surface area contributed by atoms with E-state index < -0.39 is 0 Å². The maximum atomic E-state index is 10.5. The van der Waals surface area contributed by atoms with Crippen molar-refractivity contribution >= 4 is 0 Å². The van der Waals surface area contributed by atoms with Crippen molar-refractivity contribution in [2.75, 3.05) is 6.54 Å². The highest BCUT2D eigenvalue weighted by atomic mass is 16.3. The van der Waals surface area contributed by atoms with Gasteiger partial charge in [-0.3, -0.25) is 4.90 Å². The van der Waals surface area contributed by atoms with E-state index in [9.17, 15) is 5.11 Å². The van der Waals surface area contributed by atoms with Crippen molar-refractivity contribution in [2.24, 2.45) is 0 Å². The molecule has 1 saturated carbocycles. The summed E-state index contributed by atoms with van der Waals surface area (Å²) in [6.07, 6.45) is 8.17. The Kier molecular flexibility index (Phi) is 6.72. The molecule has 1 aromatic carbocycles. The first-order valence-corrected chi connectivity index (χ1v) is 8.72. The van der Waals surface area contributed by atoms with Gasteiger partial charge in [-0.15, -0.1) is 0 Å². The van der Waals surface area contributed by atoms with Crippen molar-refractivity contribution in [3.05, 3.63) is 35.9 Å². The minimum atomic E-state index is -0.147. The SMILES string of the molecule is CCCCCN([C@@H](C)c1ccccc1)[C@H]1CCCC[C@@H]1O. The molecule has 118 valence electrons. The van der Waals surface area contributed by atoms with Crippen LogP contribution >= 0.6 is 0 Å². The van der Waals surface area contributed by atoms with E-state index in [0.717, 1.165) is 19.4 Å². The highest BCUT2D eigenvalue weighted by Crippen LogP contribution is 2.30. The van der Waals surface area contributed by atoms with Crippen LogP contribution < -0.4 is 0 Å². The van der Waals surface area contributed by atoms with E-state index in [4.69, 9.17) is 0 Å². The molecule has 1 N–H and O–H groups in total. The molecule has 0 aliphatic heterocycles. The molecule has 0 amide bonds. The minimum Gasteiger partial charge on any atom is -0.391 e. The van der Waals surface area contributed by atoms with Crippen LogP contribution in [0.25, 0.3) is 0 Å². The van der Waals surface area contributed by atoms with Gasteiger partial charge in [0.1, 0.15) is 0 Å². The molecule has 1 fully saturated rings. The van der Waals surface area contributed by atoms with Crippen molar-refractivity contribution in [3.8, 4) is 0 Å². The van der Waals surface area contributed by atoms with Gasteiger partial charge >= 0.3 is 0 Å². The fraction of sp³-hybridized carbons (Fsp3) is 0.684. The molecule has 21 heavy (non-hydrogen) atoms. The molecule has 2 nitrogen and oxygen atoms in total. The molecule has 2 heteroatoms. The number of aliphatic hydroxyl groups excluding tert-OH is 1. The fourth-order valence-corrected chi connectivity index (χ4v) is 3.59.